The van der Waals surface area contributed by atoms with Gasteiger partial charge in [-0.2, -0.15) is 0 Å². The summed E-state index contributed by atoms with van der Waals surface area (Å²) < 4.78 is 15.8. The van der Waals surface area contributed by atoms with Crippen molar-refractivity contribution in [3.8, 4) is 11.5 Å². The maximum Gasteiger partial charge on any atom is 0.239 e. The van der Waals surface area contributed by atoms with Crippen LogP contribution in [0, 0.1) is 0 Å². The number of hydrogen-bond acceptors (Lipinski definition) is 6. The van der Waals surface area contributed by atoms with Crippen LogP contribution >= 0.6 is 0 Å². The van der Waals surface area contributed by atoms with Gasteiger partial charge in [0.25, 0.3) is 0 Å². The van der Waals surface area contributed by atoms with Crippen LogP contribution in [0.1, 0.15) is 18.4 Å². The van der Waals surface area contributed by atoms with E-state index in [4.69, 9.17) is 14.2 Å². The van der Waals surface area contributed by atoms with Crippen molar-refractivity contribution in [2.45, 2.75) is 19.3 Å². The zero-order valence-electron chi connectivity index (χ0n) is 16.8. The van der Waals surface area contributed by atoms with Gasteiger partial charge >= 0.3 is 0 Å². The minimum atomic E-state index is -0.165. The molecule has 0 aliphatic carbocycles. The Hall–Kier alpha value is -2.32. The van der Waals surface area contributed by atoms with E-state index in [2.05, 4.69) is 15.5 Å². The molecule has 0 spiro atoms. The molecule has 1 aromatic rings. The minimum Gasteiger partial charge on any atom is -0.493 e. The van der Waals surface area contributed by atoms with E-state index in [1.54, 1.807) is 14.2 Å². The van der Waals surface area contributed by atoms with Gasteiger partial charge < -0.3 is 24.8 Å². The highest BCUT2D eigenvalue weighted by Crippen LogP contribution is 2.28. The number of hydrogen-bond donors (Lipinski definition) is 2. The van der Waals surface area contributed by atoms with Crippen molar-refractivity contribution in [1.82, 2.24) is 15.5 Å². The number of amides is 2. The zero-order chi connectivity index (χ0) is 20.2. The number of rotatable bonds is 11. The van der Waals surface area contributed by atoms with Gasteiger partial charge in [0.1, 0.15) is 0 Å². The van der Waals surface area contributed by atoms with E-state index in [1.807, 2.05) is 18.2 Å². The molecule has 1 saturated heterocycles. The maximum atomic E-state index is 11.9. The topological polar surface area (TPSA) is 89.1 Å². The molecular formula is C20H31N3O5. The first-order valence-corrected chi connectivity index (χ1v) is 9.66. The van der Waals surface area contributed by atoms with E-state index in [0.29, 0.717) is 30.9 Å². The van der Waals surface area contributed by atoms with Gasteiger partial charge in [-0.15, -0.1) is 0 Å². The molecule has 1 aliphatic rings. The normalized spacial score (nSPS) is 14.4. The molecular weight excluding hydrogens is 362 g/mol. The lowest BCUT2D eigenvalue weighted by molar-refractivity contribution is -0.126. The largest absolute Gasteiger partial charge is 0.493 e. The average Bonchev–Trinajstić information content (AvgIpc) is 2.73. The number of benzene rings is 1. The molecule has 2 amide bonds. The molecule has 156 valence electrons. The molecule has 1 fully saturated rings. The Morgan fingerprint density at radius 2 is 1.82 bits per heavy atom. The first-order valence-electron chi connectivity index (χ1n) is 9.66. The third kappa shape index (κ3) is 7.74. The summed E-state index contributed by atoms with van der Waals surface area (Å²) in [5.41, 5.74) is 1.08. The summed E-state index contributed by atoms with van der Waals surface area (Å²) in [6, 6.07) is 5.73. The summed E-state index contributed by atoms with van der Waals surface area (Å²) in [5.74, 6) is 1.08. The van der Waals surface area contributed by atoms with E-state index in [0.717, 1.165) is 44.8 Å². The van der Waals surface area contributed by atoms with Crippen molar-refractivity contribution in [2.24, 2.45) is 0 Å². The number of ether oxygens (including phenoxy) is 3. The van der Waals surface area contributed by atoms with Crippen LogP contribution in [-0.2, 0) is 20.7 Å². The zero-order valence-corrected chi connectivity index (χ0v) is 16.8. The quantitative estimate of drug-likeness (QED) is 0.572. The van der Waals surface area contributed by atoms with E-state index in [1.165, 1.54) is 0 Å². The number of carbonyl (C=O) groups is 2. The Bertz CT molecular complexity index is 632. The second-order valence-corrected chi connectivity index (χ2v) is 6.62. The van der Waals surface area contributed by atoms with Crippen LogP contribution in [0.15, 0.2) is 18.2 Å². The van der Waals surface area contributed by atoms with E-state index < -0.39 is 0 Å². The lowest BCUT2D eigenvalue weighted by atomic mass is 10.1. The van der Waals surface area contributed by atoms with Gasteiger partial charge in [0.05, 0.1) is 34.0 Å². The molecule has 2 N–H and O–H groups in total. The van der Waals surface area contributed by atoms with Crippen LogP contribution in [0.25, 0.3) is 0 Å². The molecule has 2 rings (SSSR count). The highest BCUT2D eigenvalue weighted by Gasteiger charge is 2.11. The third-order valence-corrected chi connectivity index (χ3v) is 4.62. The molecule has 8 heteroatoms. The van der Waals surface area contributed by atoms with Crippen molar-refractivity contribution >= 4 is 11.8 Å². The highest BCUT2D eigenvalue weighted by molar-refractivity contribution is 5.84. The number of nitrogens with one attached hydrogen (secondary N) is 2. The van der Waals surface area contributed by atoms with Crippen molar-refractivity contribution in [3.63, 3.8) is 0 Å². The standard InChI is InChI=1S/C20H31N3O5/c1-26-17-7-6-16(14-18(17)27-2)4-3-5-19(24)22-15-20(25)21-8-9-23-10-12-28-13-11-23/h6-7,14H,3-5,8-13,15H2,1-2H3,(H,21,25)(H,22,24). The summed E-state index contributed by atoms with van der Waals surface area (Å²) in [4.78, 5) is 26.0. The van der Waals surface area contributed by atoms with Gasteiger partial charge in [0, 0.05) is 32.6 Å². The molecule has 0 atom stereocenters. The van der Waals surface area contributed by atoms with E-state index >= 15 is 0 Å². The monoisotopic (exact) mass is 393 g/mol. The highest BCUT2D eigenvalue weighted by atomic mass is 16.5. The second kappa shape index (κ2) is 12.2. The Morgan fingerprint density at radius 1 is 1.07 bits per heavy atom. The van der Waals surface area contributed by atoms with Gasteiger partial charge in [-0.05, 0) is 30.5 Å². The predicted octanol–water partition coefficient (Wildman–Crippen LogP) is 0.591. The summed E-state index contributed by atoms with van der Waals surface area (Å²) in [5, 5.41) is 5.50. The first-order chi connectivity index (χ1) is 13.6. The Labute approximate surface area is 166 Å². The van der Waals surface area contributed by atoms with Crippen molar-refractivity contribution in [1.29, 1.82) is 0 Å². The van der Waals surface area contributed by atoms with E-state index in [9.17, 15) is 9.59 Å². The first kappa shape index (κ1) is 22.0. The summed E-state index contributed by atoms with van der Waals surface area (Å²) in [7, 11) is 3.20. The van der Waals surface area contributed by atoms with Crippen LogP contribution in [0.4, 0.5) is 0 Å². The van der Waals surface area contributed by atoms with E-state index in [-0.39, 0.29) is 18.4 Å². The van der Waals surface area contributed by atoms with Crippen LogP contribution < -0.4 is 20.1 Å². The van der Waals surface area contributed by atoms with Crippen LogP contribution in [0.3, 0.4) is 0 Å². The third-order valence-electron chi connectivity index (χ3n) is 4.62. The molecule has 0 bridgehead atoms. The molecule has 28 heavy (non-hydrogen) atoms. The maximum absolute atomic E-state index is 11.9. The van der Waals surface area contributed by atoms with Crippen molar-refractivity contribution in [2.75, 3.05) is 60.2 Å². The van der Waals surface area contributed by atoms with Crippen molar-refractivity contribution < 1.29 is 23.8 Å². The minimum absolute atomic E-state index is 0.0122. The van der Waals surface area contributed by atoms with Crippen LogP contribution in [0.5, 0.6) is 11.5 Å². The Balaban J connectivity index is 1.57. The average molecular weight is 393 g/mol. The molecule has 8 nitrogen and oxygen atoms in total. The molecule has 0 unspecified atom stereocenters. The smallest absolute Gasteiger partial charge is 0.239 e. The SMILES string of the molecule is COc1ccc(CCCC(=O)NCC(=O)NCCN2CCOCC2)cc1OC. The van der Waals surface area contributed by atoms with Crippen molar-refractivity contribution in [3.05, 3.63) is 23.8 Å². The Morgan fingerprint density at radius 3 is 2.54 bits per heavy atom. The summed E-state index contributed by atoms with van der Waals surface area (Å²) in [6.07, 6.45) is 1.81. The molecule has 0 aromatic heterocycles. The summed E-state index contributed by atoms with van der Waals surface area (Å²) >= 11 is 0. The fraction of sp³-hybridized carbons (Fsp3) is 0.600. The molecule has 1 heterocycles. The lowest BCUT2D eigenvalue weighted by Gasteiger charge is -2.26. The number of aryl methyl sites for hydroxylation is 1. The number of methoxy groups -OCH3 is 2. The lowest BCUT2D eigenvalue weighted by Crippen LogP contribution is -2.43. The predicted molar refractivity (Wildman–Crippen MR) is 106 cm³/mol. The molecule has 1 aromatic carbocycles. The molecule has 0 saturated carbocycles. The van der Waals surface area contributed by atoms with Gasteiger partial charge in [-0.25, -0.2) is 0 Å². The molecule has 1 aliphatic heterocycles. The molecule has 0 radical (unpaired) electrons. The fourth-order valence-corrected chi connectivity index (χ4v) is 3.00. The second-order valence-electron chi connectivity index (χ2n) is 6.62. The fourth-order valence-electron chi connectivity index (χ4n) is 3.00. The van der Waals surface area contributed by atoms with Gasteiger partial charge in [-0.3, -0.25) is 14.5 Å². The van der Waals surface area contributed by atoms with Crippen LogP contribution in [-0.4, -0.2) is 76.9 Å². The summed E-state index contributed by atoms with van der Waals surface area (Å²) in [6.45, 7) is 4.67. The number of nitrogens with zero attached hydrogens (tertiary/aromatic N) is 1. The van der Waals surface area contributed by atoms with Gasteiger partial charge in [0.2, 0.25) is 11.8 Å². The van der Waals surface area contributed by atoms with Crippen LogP contribution in [0.2, 0.25) is 0 Å². The number of morpholine rings is 1. The van der Waals surface area contributed by atoms with Gasteiger partial charge in [-0.1, -0.05) is 6.07 Å². The Kier molecular flexibility index (Phi) is 9.57. The van der Waals surface area contributed by atoms with Gasteiger partial charge in [0.15, 0.2) is 11.5 Å². The number of carbonyl (C=O) groups excluding carboxylic acids is 2.